The van der Waals surface area contributed by atoms with Gasteiger partial charge in [0.05, 0.1) is 11.6 Å². The van der Waals surface area contributed by atoms with E-state index in [2.05, 4.69) is 117 Å². The van der Waals surface area contributed by atoms with E-state index in [0.29, 0.717) is 23.0 Å². The highest BCUT2D eigenvalue weighted by Crippen LogP contribution is 2.53. The monoisotopic (exact) mass is 684 g/mol. The van der Waals surface area contributed by atoms with Crippen molar-refractivity contribution in [2.75, 3.05) is 0 Å². The summed E-state index contributed by atoms with van der Waals surface area (Å²) < 4.78 is 0. The van der Waals surface area contributed by atoms with Gasteiger partial charge in [0.2, 0.25) is 0 Å². The Hall–Kier alpha value is -6.18. The van der Waals surface area contributed by atoms with Gasteiger partial charge in [-0.3, -0.25) is 0 Å². The zero-order chi connectivity index (χ0) is 35.9. The average Bonchev–Trinajstić information content (AvgIpc) is 3.20. The predicted octanol–water partition coefficient (Wildman–Crippen LogP) is 12.3. The Morgan fingerprint density at radius 2 is 1.17 bits per heavy atom. The molecule has 2 aliphatic carbocycles. The van der Waals surface area contributed by atoms with Crippen molar-refractivity contribution in [2.45, 2.75) is 44.4 Å². The van der Waals surface area contributed by atoms with Crippen LogP contribution in [0.3, 0.4) is 0 Å². The summed E-state index contributed by atoms with van der Waals surface area (Å²) in [6.45, 7) is 6.89. The van der Waals surface area contributed by atoms with Gasteiger partial charge in [-0.15, -0.1) is 0 Å². The highest BCUT2D eigenvalue weighted by molar-refractivity contribution is 5.89. The summed E-state index contributed by atoms with van der Waals surface area (Å²) in [6, 6.07) is 50.8. The number of allylic oxidation sites excluding steroid dienone is 1. The third-order valence-electron chi connectivity index (χ3n) is 11.4. The van der Waals surface area contributed by atoms with Crippen LogP contribution >= 0.6 is 0 Å². The maximum atomic E-state index is 9.48. The highest BCUT2D eigenvalue weighted by Gasteiger charge is 2.44. The van der Waals surface area contributed by atoms with Crippen LogP contribution in [-0.2, 0) is 5.41 Å². The molecule has 256 valence electrons. The fourth-order valence-corrected chi connectivity index (χ4v) is 9.15. The van der Waals surface area contributed by atoms with E-state index in [0.717, 1.165) is 57.2 Å². The van der Waals surface area contributed by atoms with E-state index in [1.54, 1.807) is 0 Å². The Kier molecular flexibility index (Phi) is 8.28. The van der Waals surface area contributed by atoms with E-state index in [9.17, 15) is 5.26 Å². The molecule has 6 aromatic carbocycles. The summed E-state index contributed by atoms with van der Waals surface area (Å²) >= 11 is 0. The Bertz CT molecular complexity index is 2520. The zero-order valence-corrected chi connectivity index (χ0v) is 30.0. The molecule has 0 radical (unpaired) electrons. The van der Waals surface area contributed by atoms with Gasteiger partial charge < -0.3 is 0 Å². The molecule has 9 rings (SSSR count). The van der Waals surface area contributed by atoms with Crippen molar-refractivity contribution in [3.05, 3.63) is 163 Å². The Labute approximate surface area is 311 Å². The van der Waals surface area contributed by atoms with Gasteiger partial charge in [-0.1, -0.05) is 122 Å². The lowest BCUT2D eigenvalue weighted by atomic mass is 9.56. The van der Waals surface area contributed by atoms with Gasteiger partial charge in [0, 0.05) is 16.7 Å². The first-order chi connectivity index (χ1) is 25.9. The molecule has 7 aromatic rings. The number of nitrogens with zero attached hydrogens (tertiary/aromatic N) is 4. The molecular weight excluding hydrogens is 645 g/mol. The van der Waals surface area contributed by atoms with Crippen molar-refractivity contribution in [3.8, 4) is 62.5 Å². The van der Waals surface area contributed by atoms with Crippen molar-refractivity contribution in [1.82, 2.24) is 15.0 Å². The molecule has 1 aromatic heterocycles. The van der Waals surface area contributed by atoms with Gasteiger partial charge in [0.15, 0.2) is 17.5 Å². The number of benzene rings is 6. The molecule has 4 heteroatoms. The SMILES string of the molecule is C=C1C[C@@H]2C[C@H](C)CC(c3ccc(-c4nc(-c5ccccc5)nc(-c5cc(-c6ccc(C#N)cc6)cc(-c6ccc7ccccc7c6)c5)n4)cc3)(C1)C2. The van der Waals surface area contributed by atoms with Crippen LogP contribution in [0, 0.1) is 23.2 Å². The van der Waals surface area contributed by atoms with E-state index in [1.807, 2.05) is 42.5 Å². The molecule has 53 heavy (non-hydrogen) atoms. The molecule has 4 nitrogen and oxygen atoms in total. The average molecular weight is 685 g/mol. The van der Waals surface area contributed by atoms with Crippen LogP contribution in [-0.4, -0.2) is 15.0 Å². The number of hydrogen-bond donors (Lipinski definition) is 0. The summed E-state index contributed by atoms with van der Waals surface area (Å²) in [5.74, 6) is 3.36. The maximum absolute atomic E-state index is 9.48. The molecule has 2 saturated carbocycles. The first-order valence-corrected chi connectivity index (χ1v) is 18.7. The second-order valence-corrected chi connectivity index (χ2v) is 15.3. The third kappa shape index (κ3) is 6.45. The second kappa shape index (κ2) is 13.4. The van der Waals surface area contributed by atoms with Gasteiger partial charge in [0.25, 0.3) is 0 Å². The van der Waals surface area contributed by atoms with Crippen molar-refractivity contribution >= 4 is 10.8 Å². The molecule has 2 aliphatic rings. The Balaban J connectivity index is 1.18. The minimum absolute atomic E-state index is 0.167. The van der Waals surface area contributed by atoms with Crippen molar-refractivity contribution in [2.24, 2.45) is 11.8 Å². The van der Waals surface area contributed by atoms with Crippen LogP contribution in [0.5, 0.6) is 0 Å². The summed E-state index contributed by atoms with van der Waals surface area (Å²) in [4.78, 5) is 15.4. The fourth-order valence-electron chi connectivity index (χ4n) is 9.15. The van der Waals surface area contributed by atoms with Crippen LogP contribution in [0.2, 0.25) is 0 Å². The van der Waals surface area contributed by atoms with Crippen molar-refractivity contribution in [3.63, 3.8) is 0 Å². The molecule has 0 saturated heterocycles. The van der Waals surface area contributed by atoms with Crippen LogP contribution in [0.15, 0.2) is 152 Å². The van der Waals surface area contributed by atoms with E-state index in [1.165, 1.54) is 47.6 Å². The van der Waals surface area contributed by atoms with E-state index >= 15 is 0 Å². The smallest absolute Gasteiger partial charge is 0.164 e. The lowest BCUT2D eigenvalue weighted by Crippen LogP contribution is -2.40. The molecule has 0 aliphatic heterocycles. The number of hydrogen-bond acceptors (Lipinski definition) is 4. The summed E-state index contributed by atoms with van der Waals surface area (Å²) in [6.07, 6.45) is 6.03. The molecular formula is C49H40N4. The first kappa shape index (κ1) is 32.7. The molecule has 0 amide bonds. The number of fused-ring (bicyclic) bond motifs is 3. The molecule has 2 fully saturated rings. The normalized spacial score (nSPS) is 19.5. The largest absolute Gasteiger partial charge is 0.208 e. The Morgan fingerprint density at radius 1 is 0.585 bits per heavy atom. The molecule has 1 unspecified atom stereocenters. The summed E-state index contributed by atoms with van der Waals surface area (Å²) in [5, 5.41) is 11.9. The first-order valence-electron chi connectivity index (χ1n) is 18.7. The molecule has 0 N–H and O–H groups in total. The van der Waals surface area contributed by atoms with E-state index in [-0.39, 0.29) is 5.41 Å². The van der Waals surface area contributed by atoms with Gasteiger partial charge >= 0.3 is 0 Å². The van der Waals surface area contributed by atoms with Crippen LogP contribution in [0.1, 0.15) is 50.2 Å². The number of nitriles is 1. The molecule has 2 bridgehead atoms. The van der Waals surface area contributed by atoms with Gasteiger partial charge in [0.1, 0.15) is 0 Å². The van der Waals surface area contributed by atoms with Crippen LogP contribution in [0.4, 0.5) is 0 Å². The van der Waals surface area contributed by atoms with E-state index in [4.69, 9.17) is 15.0 Å². The Morgan fingerprint density at radius 3 is 1.89 bits per heavy atom. The van der Waals surface area contributed by atoms with Gasteiger partial charge in [-0.25, -0.2) is 15.0 Å². The maximum Gasteiger partial charge on any atom is 0.164 e. The minimum atomic E-state index is 0.167. The molecule has 3 atom stereocenters. The van der Waals surface area contributed by atoms with Crippen LogP contribution < -0.4 is 0 Å². The predicted molar refractivity (Wildman–Crippen MR) is 216 cm³/mol. The lowest BCUT2D eigenvalue weighted by molar-refractivity contribution is 0.139. The quantitative estimate of drug-likeness (QED) is 0.164. The topological polar surface area (TPSA) is 62.5 Å². The van der Waals surface area contributed by atoms with Crippen LogP contribution in [0.25, 0.3) is 67.2 Å². The number of rotatable bonds is 6. The standard InChI is InChI=1S/C49H40N4/c1-32-22-35-23-33(2)29-49(28-32,30-35)45-20-18-39(19-21-45)47-51-46(38-9-4-3-5-10-38)52-48(53-47)44-26-42(37-14-12-34(31-50)13-15-37)25-43(27-44)41-17-16-36-8-6-7-11-40(36)24-41/h3-21,24-27,33,35H,1,22-23,28-30H2,2H3/t33-,35+,49?/m0/s1. The summed E-state index contributed by atoms with van der Waals surface area (Å²) in [7, 11) is 0. The van der Waals surface area contributed by atoms with E-state index < -0.39 is 0 Å². The molecule has 1 heterocycles. The van der Waals surface area contributed by atoms with Gasteiger partial charge in [-0.05, 0) is 124 Å². The van der Waals surface area contributed by atoms with Gasteiger partial charge in [-0.2, -0.15) is 5.26 Å². The van der Waals surface area contributed by atoms with Crippen molar-refractivity contribution < 1.29 is 0 Å². The zero-order valence-electron chi connectivity index (χ0n) is 30.0. The fraction of sp³-hybridized carbons (Fsp3) is 0.184. The molecule has 0 spiro atoms. The minimum Gasteiger partial charge on any atom is -0.208 e. The van der Waals surface area contributed by atoms with Crippen molar-refractivity contribution in [1.29, 1.82) is 5.26 Å². The highest BCUT2D eigenvalue weighted by atomic mass is 15.0. The number of aromatic nitrogens is 3. The second-order valence-electron chi connectivity index (χ2n) is 15.3. The lowest BCUT2D eigenvalue weighted by Gasteiger charge is -2.49. The third-order valence-corrected chi connectivity index (χ3v) is 11.4. The summed E-state index contributed by atoms with van der Waals surface area (Å²) in [5.41, 5.74) is 10.6.